The molecule has 5 nitrogen and oxygen atoms in total. The van der Waals surface area contributed by atoms with Gasteiger partial charge in [-0.3, -0.25) is 4.79 Å². The fourth-order valence-corrected chi connectivity index (χ4v) is 1.70. The summed E-state index contributed by atoms with van der Waals surface area (Å²) >= 11 is 0. The highest BCUT2D eigenvalue weighted by molar-refractivity contribution is 5.71. The third kappa shape index (κ3) is 3.81. The Morgan fingerprint density at radius 1 is 1.32 bits per heavy atom. The van der Waals surface area contributed by atoms with Gasteiger partial charge in [-0.15, -0.1) is 0 Å². The van der Waals surface area contributed by atoms with Crippen LogP contribution >= 0.6 is 0 Å². The lowest BCUT2D eigenvalue weighted by atomic mass is 10.2. The molecule has 0 amide bonds. The van der Waals surface area contributed by atoms with Crippen LogP contribution in [-0.2, 0) is 14.3 Å². The zero-order chi connectivity index (χ0) is 13.7. The fraction of sp³-hybridized carbons (Fsp3) is 0.357. The molecule has 19 heavy (non-hydrogen) atoms. The van der Waals surface area contributed by atoms with Crippen LogP contribution < -0.4 is 9.47 Å². The summed E-state index contributed by atoms with van der Waals surface area (Å²) in [6.07, 6.45) is 3.41. The van der Waals surface area contributed by atoms with Gasteiger partial charge in [-0.1, -0.05) is 12.1 Å². The fourth-order valence-electron chi connectivity index (χ4n) is 1.70. The lowest BCUT2D eigenvalue weighted by Gasteiger charge is -2.08. The summed E-state index contributed by atoms with van der Waals surface area (Å²) in [5.74, 6) is 0.528. The van der Waals surface area contributed by atoms with Crippen molar-refractivity contribution in [2.24, 2.45) is 0 Å². The van der Waals surface area contributed by atoms with Crippen molar-refractivity contribution in [3.8, 4) is 11.5 Å². The van der Waals surface area contributed by atoms with E-state index in [0.717, 1.165) is 5.56 Å². The summed E-state index contributed by atoms with van der Waals surface area (Å²) in [7, 11) is 1.53. The van der Waals surface area contributed by atoms with Crippen LogP contribution in [0.1, 0.15) is 12.5 Å². The predicted molar refractivity (Wildman–Crippen MR) is 69.0 cm³/mol. The first-order valence-electron chi connectivity index (χ1n) is 5.97. The van der Waals surface area contributed by atoms with Crippen molar-refractivity contribution in [1.29, 1.82) is 0 Å². The van der Waals surface area contributed by atoms with Crippen molar-refractivity contribution < 1.29 is 23.7 Å². The van der Waals surface area contributed by atoms with E-state index in [1.807, 2.05) is 18.2 Å². The largest absolute Gasteiger partial charge is 0.493 e. The number of hydrogen-bond acceptors (Lipinski definition) is 5. The Balaban J connectivity index is 2.11. The van der Waals surface area contributed by atoms with Gasteiger partial charge < -0.3 is 18.9 Å². The molecule has 1 aliphatic rings. The minimum absolute atomic E-state index is 0.292. The minimum Gasteiger partial charge on any atom is -0.493 e. The first-order valence-corrected chi connectivity index (χ1v) is 5.97. The van der Waals surface area contributed by atoms with Gasteiger partial charge in [0.1, 0.15) is 0 Å². The topological polar surface area (TPSA) is 54.0 Å². The number of esters is 1. The Bertz CT molecular complexity index is 475. The quantitative estimate of drug-likeness (QED) is 0.615. The van der Waals surface area contributed by atoms with E-state index >= 15 is 0 Å². The van der Waals surface area contributed by atoms with Crippen molar-refractivity contribution >= 4 is 12.0 Å². The molecule has 0 atom stereocenters. The normalized spacial score (nSPS) is 15.9. The second-order valence-electron chi connectivity index (χ2n) is 3.97. The van der Waals surface area contributed by atoms with Crippen LogP contribution in [0.2, 0.25) is 0 Å². The van der Waals surface area contributed by atoms with Gasteiger partial charge in [-0.25, -0.2) is 0 Å². The Morgan fingerprint density at radius 3 is 2.68 bits per heavy atom. The van der Waals surface area contributed by atoms with Gasteiger partial charge in [-0.2, -0.15) is 0 Å². The molecule has 0 unspecified atom stereocenters. The first kappa shape index (κ1) is 13.6. The first-order chi connectivity index (χ1) is 9.19. The van der Waals surface area contributed by atoms with E-state index in [1.165, 1.54) is 14.0 Å². The second kappa shape index (κ2) is 6.36. The third-order valence-corrected chi connectivity index (χ3v) is 2.53. The summed E-state index contributed by atoms with van der Waals surface area (Å²) in [4.78, 5) is 10.9. The zero-order valence-corrected chi connectivity index (χ0v) is 10.9. The summed E-state index contributed by atoms with van der Waals surface area (Å²) < 4.78 is 20.8. The van der Waals surface area contributed by atoms with Crippen molar-refractivity contribution in [1.82, 2.24) is 0 Å². The lowest BCUT2D eigenvalue weighted by molar-refractivity contribution is -0.132. The van der Waals surface area contributed by atoms with Crippen LogP contribution in [0.15, 0.2) is 24.3 Å². The Labute approximate surface area is 111 Å². The highest BCUT2D eigenvalue weighted by Crippen LogP contribution is 2.28. The van der Waals surface area contributed by atoms with Crippen LogP contribution in [0.25, 0.3) is 6.08 Å². The SMILES string of the molecule is COc1cc(/C=C/C2OCCO2)ccc1OC(C)=O. The Morgan fingerprint density at radius 2 is 2.05 bits per heavy atom. The molecule has 1 aromatic carbocycles. The maximum atomic E-state index is 10.9. The van der Waals surface area contributed by atoms with Gasteiger partial charge in [0.05, 0.1) is 20.3 Å². The van der Waals surface area contributed by atoms with E-state index in [9.17, 15) is 4.79 Å². The van der Waals surface area contributed by atoms with Crippen molar-refractivity contribution in [3.63, 3.8) is 0 Å². The summed E-state index contributed by atoms with van der Waals surface area (Å²) in [5.41, 5.74) is 0.909. The summed E-state index contributed by atoms with van der Waals surface area (Å²) in [5, 5.41) is 0. The van der Waals surface area contributed by atoms with E-state index in [4.69, 9.17) is 18.9 Å². The van der Waals surface area contributed by atoms with Gasteiger partial charge in [0.2, 0.25) is 0 Å². The van der Waals surface area contributed by atoms with E-state index in [0.29, 0.717) is 24.7 Å². The van der Waals surface area contributed by atoms with Crippen LogP contribution in [0.4, 0.5) is 0 Å². The zero-order valence-electron chi connectivity index (χ0n) is 10.9. The number of carbonyl (C=O) groups is 1. The van der Waals surface area contributed by atoms with E-state index in [-0.39, 0.29) is 12.3 Å². The molecule has 0 N–H and O–H groups in total. The molecule has 0 bridgehead atoms. The number of rotatable bonds is 4. The number of ether oxygens (including phenoxy) is 4. The standard InChI is InChI=1S/C14H16O5/c1-10(15)19-12-5-3-11(9-13(12)16-2)4-6-14-17-7-8-18-14/h3-6,9,14H,7-8H2,1-2H3/b6-4+. The molecule has 1 fully saturated rings. The molecule has 2 rings (SSSR count). The lowest BCUT2D eigenvalue weighted by Crippen LogP contribution is -2.03. The van der Waals surface area contributed by atoms with E-state index < -0.39 is 0 Å². The molecule has 1 heterocycles. The predicted octanol–water partition coefficient (Wildman–Crippen LogP) is 2.01. The van der Waals surface area contributed by atoms with Crippen molar-refractivity contribution in [2.45, 2.75) is 13.2 Å². The average molecular weight is 264 g/mol. The number of methoxy groups -OCH3 is 1. The van der Waals surface area contributed by atoms with Gasteiger partial charge in [-0.05, 0) is 23.8 Å². The molecule has 102 valence electrons. The van der Waals surface area contributed by atoms with Crippen molar-refractivity contribution in [2.75, 3.05) is 20.3 Å². The molecule has 0 saturated carbocycles. The van der Waals surface area contributed by atoms with Gasteiger partial charge in [0.25, 0.3) is 0 Å². The molecular weight excluding hydrogens is 248 g/mol. The minimum atomic E-state index is -0.380. The molecular formula is C14H16O5. The van der Waals surface area contributed by atoms with E-state index in [1.54, 1.807) is 12.1 Å². The van der Waals surface area contributed by atoms with Gasteiger partial charge >= 0.3 is 5.97 Å². The van der Waals surface area contributed by atoms with Crippen LogP contribution in [-0.4, -0.2) is 32.6 Å². The third-order valence-electron chi connectivity index (χ3n) is 2.53. The molecule has 1 aromatic rings. The van der Waals surface area contributed by atoms with E-state index in [2.05, 4.69) is 0 Å². The molecule has 5 heteroatoms. The molecule has 0 aromatic heterocycles. The second-order valence-corrected chi connectivity index (χ2v) is 3.97. The highest BCUT2D eigenvalue weighted by Gasteiger charge is 2.12. The van der Waals surface area contributed by atoms with Gasteiger partial charge in [0.15, 0.2) is 17.8 Å². The number of benzene rings is 1. The summed E-state index contributed by atoms with van der Waals surface area (Å²) in [6, 6.07) is 5.30. The molecule has 0 aliphatic carbocycles. The average Bonchev–Trinajstić information content (AvgIpc) is 2.90. The summed E-state index contributed by atoms with van der Waals surface area (Å²) in [6.45, 7) is 2.58. The Kier molecular flexibility index (Phi) is 4.54. The molecule has 1 aliphatic heterocycles. The smallest absolute Gasteiger partial charge is 0.308 e. The van der Waals surface area contributed by atoms with Crippen molar-refractivity contribution in [3.05, 3.63) is 29.8 Å². The number of hydrogen-bond donors (Lipinski definition) is 0. The maximum absolute atomic E-state index is 10.9. The van der Waals surface area contributed by atoms with Crippen LogP contribution in [0.3, 0.4) is 0 Å². The molecule has 0 radical (unpaired) electrons. The maximum Gasteiger partial charge on any atom is 0.308 e. The van der Waals surface area contributed by atoms with Gasteiger partial charge in [0, 0.05) is 6.92 Å². The monoisotopic (exact) mass is 264 g/mol. The molecule has 1 saturated heterocycles. The van der Waals surface area contributed by atoms with Crippen LogP contribution in [0, 0.1) is 0 Å². The molecule has 0 spiro atoms. The number of carbonyl (C=O) groups excluding carboxylic acids is 1. The highest BCUT2D eigenvalue weighted by atomic mass is 16.7. The van der Waals surface area contributed by atoms with Crippen LogP contribution in [0.5, 0.6) is 11.5 Å². The Hall–Kier alpha value is -1.85.